The van der Waals surface area contributed by atoms with Crippen molar-refractivity contribution >= 4 is 21.8 Å². The lowest BCUT2D eigenvalue weighted by molar-refractivity contribution is -0.146. The van der Waals surface area contributed by atoms with E-state index in [4.69, 9.17) is 0 Å². The van der Waals surface area contributed by atoms with Gasteiger partial charge in [0.25, 0.3) is 0 Å². The number of hydrogen-bond acceptors (Lipinski definition) is 4. The van der Waals surface area contributed by atoms with E-state index in [-0.39, 0.29) is 18.4 Å². The predicted molar refractivity (Wildman–Crippen MR) is 102 cm³/mol. The lowest BCUT2D eigenvalue weighted by Gasteiger charge is -2.39. The lowest BCUT2D eigenvalue weighted by Crippen LogP contribution is -2.51. The minimum absolute atomic E-state index is 0.135. The van der Waals surface area contributed by atoms with Crippen molar-refractivity contribution in [3.8, 4) is 0 Å². The molecule has 1 atom stereocenters. The number of sulfonamides is 1. The molecule has 0 aliphatic carbocycles. The summed E-state index contributed by atoms with van der Waals surface area (Å²) in [4.78, 5) is 29.0. The average molecular weight is 394 g/mol. The van der Waals surface area contributed by atoms with Crippen LogP contribution < -0.4 is 4.72 Å². The molecule has 2 aliphatic heterocycles. The summed E-state index contributed by atoms with van der Waals surface area (Å²) in [6.45, 7) is 2.09. The molecule has 2 amide bonds. The zero-order valence-electron chi connectivity index (χ0n) is 15.7. The van der Waals surface area contributed by atoms with E-state index >= 15 is 0 Å². The zero-order valence-corrected chi connectivity index (χ0v) is 16.5. The van der Waals surface area contributed by atoms with Crippen LogP contribution in [0.5, 0.6) is 0 Å². The largest absolute Gasteiger partial charge is 0.342 e. The molecule has 0 unspecified atom stereocenters. The Kier molecular flexibility index (Phi) is 5.86. The zero-order chi connectivity index (χ0) is 19.5. The first-order valence-electron chi connectivity index (χ1n) is 9.35. The van der Waals surface area contributed by atoms with E-state index in [1.165, 1.54) is 5.56 Å². The fourth-order valence-corrected chi connectivity index (χ4v) is 4.43. The molecule has 0 saturated carbocycles. The van der Waals surface area contributed by atoms with Gasteiger partial charge < -0.3 is 9.80 Å². The maximum Gasteiger partial charge on any atom is 0.237 e. The summed E-state index contributed by atoms with van der Waals surface area (Å²) in [5, 5.41) is 0. The SMILES string of the molecule is CS(=O)(=O)NCC(=O)N1CC[C@]2(CCCN(CCc3ccccc3)C2=O)C1. The first kappa shape index (κ1) is 19.8. The van der Waals surface area contributed by atoms with Gasteiger partial charge in [0.15, 0.2) is 0 Å². The van der Waals surface area contributed by atoms with Gasteiger partial charge in [0.2, 0.25) is 21.8 Å². The van der Waals surface area contributed by atoms with E-state index in [0.29, 0.717) is 26.1 Å². The summed E-state index contributed by atoms with van der Waals surface area (Å²) in [5.74, 6) is -0.137. The minimum atomic E-state index is -3.41. The van der Waals surface area contributed by atoms with Gasteiger partial charge in [0.05, 0.1) is 18.2 Å². The Morgan fingerprint density at radius 3 is 2.63 bits per heavy atom. The topological polar surface area (TPSA) is 86.8 Å². The monoisotopic (exact) mass is 393 g/mol. The molecule has 148 valence electrons. The van der Waals surface area contributed by atoms with E-state index in [0.717, 1.165) is 32.1 Å². The molecular formula is C19H27N3O4S. The van der Waals surface area contributed by atoms with Crippen molar-refractivity contribution in [1.82, 2.24) is 14.5 Å². The number of carbonyl (C=O) groups excluding carboxylic acids is 2. The van der Waals surface area contributed by atoms with Gasteiger partial charge in [-0.1, -0.05) is 30.3 Å². The first-order chi connectivity index (χ1) is 12.8. The molecule has 1 aromatic rings. The Hall–Kier alpha value is -1.93. The van der Waals surface area contributed by atoms with Crippen molar-refractivity contribution in [2.24, 2.45) is 5.41 Å². The van der Waals surface area contributed by atoms with Crippen LogP contribution in [0.1, 0.15) is 24.8 Å². The van der Waals surface area contributed by atoms with Gasteiger partial charge in [0.1, 0.15) is 0 Å². The van der Waals surface area contributed by atoms with Crippen molar-refractivity contribution < 1.29 is 18.0 Å². The second kappa shape index (κ2) is 7.98. The molecule has 2 fully saturated rings. The third kappa shape index (κ3) is 4.87. The van der Waals surface area contributed by atoms with Crippen LogP contribution in [0.4, 0.5) is 0 Å². The van der Waals surface area contributed by atoms with Gasteiger partial charge in [-0.05, 0) is 31.2 Å². The maximum atomic E-state index is 13.1. The molecule has 2 heterocycles. The van der Waals surface area contributed by atoms with Crippen molar-refractivity contribution in [2.75, 3.05) is 39.0 Å². The molecule has 7 nitrogen and oxygen atoms in total. The Balaban J connectivity index is 1.59. The number of likely N-dealkylation sites (tertiary alicyclic amines) is 2. The van der Waals surface area contributed by atoms with Crippen molar-refractivity contribution in [3.05, 3.63) is 35.9 Å². The minimum Gasteiger partial charge on any atom is -0.342 e. The van der Waals surface area contributed by atoms with Crippen LogP contribution in [0.15, 0.2) is 30.3 Å². The number of nitrogens with zero attached hydrogens (tertiary/aromatic N) is 2. The second-order valence-corrected chi connectivity index (χ2v) is 9.40. The number of rotatable bonds is 6. The fourth-order valence-electron chi connectivity index (χ4n) is 4.04. The molecule has 2 saturated heterocycles. The van der Waals surface area contributed by atoms with Crippen LogP contribution in [-0.2, 0) is 26.0 Å². The highest BCUT2D eigenvalue weighted by atomic mass is 32.2. The van der Waals surface area contributed by atoms with Crippen LogP contribution in [0.25, 0.3) is 0 Å². The summed E-state index contributed by atoms with van der Waals surface area (Å²) in [5.41, 5.74) is 0.704. The highest BCUT2D eigenvalue weighted by molar-refractivity contribution is 7.88. The van der Waals surface area contributed by atoms with Crippen molar-refractivity contribution in [1.29, 1.82) is 0 Å². The third-order valence-electron chi connectivity index (χ3n) is 5.53. The molecule has 0 aromatic heterocycles. The Bertz CT molecular complexity index is 796. The fraction of sp³-hybridized carbons (Fsp3) is 0.579. The van der Waals surface area contributed by atoms with Crippen LogP contribution in [0.2, 0.25) is 0 Å². The summed E-state index contributed by atoms with van der Waals surface area (Å²) < 4.78 is 24.6. The number of benzene rings is 1. The van der Waals surface area contributed by atoms with Crippen LogP contribution in [0, 0.1) is 5.41 Å². The van der Waals surface area contributed by atoms with E-state index in [2.05, 4.69) is 16.9 Å². The molecule has 0 radical (unpaired) electrons. The quantitative estimate of drug-likeness (QED) is 0.768. The normalized spacial score (nSPS) is 23.2. The van der Waals surface area contributed by atoms with Crippen molar-refractivity contribution in [3.63, 3.8) is 0 Å². The van der Waals surface area contributed by atoms with Gasteiger partial charge in [-0.3, -0.25) is 9.59 Å². The number of carbonyl (C=O) groups is 2. The van der Waals surface area contributed by atoms with E-state index < -0.39 is 15.4 Å². The van der Waals surface area contributed by atoms with E-state index in [1.807, 2.05) is 23.1 Å². The average Bonchev–Trinajstić information content (AvgIpc) is 3.06. The molecule has 27 heavy (non-hydrogen) atoms. The predicted octanol–water partition coefficient (Wildman–Crippen LogP) is 0.619. The molecular weight excluding hydrogens is 366 g/mol. The van der Waals surface area contributed by atoms with Gasteiger partial charge in [-0.25, -0.2) is 13.1 Å². The molecule has 2 aliphatic rings. The van der Waals surface area contributed by atoms with Crippen LogP contribution >= 0.6 is 0 Å². The Labute approximate surface area is 160 Å². The number of amides is 2. The number of hydrogen-bond donors (Lipinski definition) is 1. The molecule has 1 aromatic carbocycles. The van der Waals surface area contributed by atoms with Gasteiger partial charge in [0, 0.05) is 26.2 Å². The molecule has 3 rings (SSSR count). The van der Waals surface area contributed by atoms with E-state index in [9.17, 15) is 18.0 Å². The van der Waals surface area contributed by atoms with Gasteiger partial charge in [-0.2, -0.15) is 0 Å². The van der Waals surface area contributed by atoms with Crippen LogP contribution in [0.3, 0.4) is 0 Å². The Morgan fingerprint density at radius 1 is 1.19 bits per heavy atom. The molecule has 1 N–H and O–H groups in total. The van der Waals surface area contributed by atoms with Crippen molar-refractivity contribution in [2.45, 2.75) is 25.7 Å². The standard InChI is InChI=1S/C19H27N3O4S/c1-27(25,26)20-14-17(23)22-13-10-19(15-22)9-5-11-21(18(19)24)12-8-16-6-3-2-4-7-16/h2-4,6-7,20H,5,8-15H2,1H3/t19-/m1/s1. The second-order valence-electron chi connectivity index (χ2n) is 7.57. The van der Waals surface area contributed by atoms with E-state index in [1.54, 1.807) is 4.90 Å². The summed E-state index contributed by atoms with van der Waals surface area (Å²) in [6, 6.07) is 10.1. The number of piperidine rings is 1. The smallest absolute Gasteiger partial charge is 0.237 e. The highest BCUT2D eigenvalue weighted by Gasteiger charge is 2.49. The molecule has 8 heteroatoms. The lowest BCUT2D eigenvalue weighted by atomic mass is 9.78. The molecule has 1 spiro atoms. The van der Waals surface area contributed by atoms with Gasteiger partial charge in [-0.15, -0.1) is 0 Å². The third-order valence-corrected chi connectivity index (χ3v) is 6.20. The first-order valence-corrected chi connectivity index (χ1v) is 11.2. The molecule has 0 bridgehead atoms. The summed E-state index contributed by atoms with van der Waals surface area (Å²) >= 11 is 0. The highest BCUT2D eigenvalue weighted by Crippen LogP contribution is 2.40. The Morgan fingerprint density at radius 2 is 1.93 bits per heavy atom. The van der Waals surface area contributed by atoms with Crippen LogP contribution in [-0.4, -0.2) is 69.0 Å². The summed E-state index contributed by atoms with van der Waals surface area (Å²) in [7, 11) is -3.41. The maximum absolute atomic E-state index is 13.1. The summed E-state index contributed by atoms with van der Waals surface area (Å²) in [6.07, 6.45) is 4.23. The number of nitrogens with one attached hydrogen (secondary N) is 1. The van der Waals surface area contributed by atoms with Gasteiger partial charge >= 0.3 is 0 Å².